The molecule has 2 aromatic rings. The van der Waals surface area contributed by atoms with Crippen molar-refractivity contribution in [1.29, 1.82) is 0 Å². The standard InChI is InChI=1S/C16H18FNO2/c1-3-18-11-12-5-4-6-15(17)16(12)20-14-9-7-13(19-2)8-10-14/h4-10,18H,3,11H2,1-2H3. The first-order valence-electron chi connectivity index (χ1n) is 6.54. The maximum Gasteiger partial charge on any atom is 0.167 e. The van der Waals surface area contributed by atoms with E-state index in [-0.39, 0.29) is 11.6 Å². The summed E-state index contributed by atoms with van der Waals surface area (Å²) in [6.07, 6.45) is 0. The van der Waals surface area contributed by atoms with Crippen LogP contribution in [-0.4, -0.2) is 13.7 Å². The van der Waals surface area contributed by atoms with E-state index in [1.807, 2.05) is 13.0 Å². The Morgan fingerprint density at radius 2 is 1.75 bits per heavy atom. The minimum Gasteiger partial charge on any atom is -0.497 e. The van der Waals surface area contributed by atoms with Gasteiger partial charge in [0.05, 0.1) is 7.11 Å². The molecule has 0 saturated heterocycles. The molecule has 0 amide bonds. The first-order valence-corrected chi connectivity index (χ1v) is 6.54. The van der Waals surface area contributed by atoms with Crippen molar-refractivity contribution in [3.8, 4) is 17.2 Å². The SMILES string of the molecule is CCNCc1cccc(F)c1Oc1ccc(OC)cc1. The molecule has 0 bridgehead atoms. The Balaban J connectivity index is 2.22. The van der Waals surface area contributed by atoms with Gasteiger partial charge >= 0.3 is 0 Å². The van der Waals surface area contributed by atoms with Gasteiger partial charge in [0.15, 0.2) is 11.6 Å². The van der Waals surface area contributed by atoms with E-state index in [9.17, 15) is 4.39 Å². The molecule has 0 fully saturated rings. The van der Waals surface area contributed by atoms with E-state index in [0.29, 0.717) is 12.3 Å². The predicted molar refractivity (Wildman–Crippen MR) is 76.8 cm³/mol. The molecule has 0 saturated carbocycles. The van der Waals surface area contributed by atoms with Crippen LogP contribution < -0.4 is 14.8 Å². The summed E-state index contributed by atoms with van der Waals surface area (Å²) < 4.78 is 24.7. The summed E-state index contributed by atoms with van der Waals surface area (Å²) in [4.78, 5) is 0. The number of hydrogen-bond donors (Lipinski definition) is 1. The lowest BCUT2D eigenvalue weighted by atomic mass is 10.2. The van der Waals surface area contributed by atoms with Crippen LogP contribution in [0.4, 0.5) is 4.39 Å². The van der Waals surface area contributed by atoms with Crippen molar-refractivity contribution in [1.82, 2.24) is 5.32 Å². The van der Waals surface area contributed by atoms with Crippen molar-refractivity contribution < 1.29 is 13.9 Å². The molecular weight excluding hydrogens is 257 g/mol. The highest BCUT2D eigenvalue weighted by molar-refractivity contribution is 5.40. The molecule has 2 aromatic carbocycles. The lowest BCUT2D eigenvalue weighted by Crippen LogP contribution is -2.12. The molecular formula is C16H18FNO2. The van der Waals surface area contributed by atoms with Crippen LogP contribution in [0.3, 0.4) is 0 Å². The Morgan fingerprint density at radius 1 is 1.05 bits per heavy atom. The summed E-state index contributed by atoms with van der Waals surface area (Å²) in [5.74, 6) is 1.21. The van der Waals surface area contributed by atoms with Gasteiger partial charge in [-0.25, -0.2) is 4.39 Å². The third kappa shape index (κ3) is 3.48. The summed E-state index contributed by atoms with van der Waals surface area (Å²) in [7, 11) is 1.60. The van der Waals surface area contributed by atoms with Crippen LogP contribution in [0.25, 0.3) is 0 Å². The average Bonchev–Trinajstić information content (AvgIpc) is 2.48. The Labute approximate surface area is 118 Å². The lowest BCUT2D eigenvalue weighted by Gasteiger charge is -2.12. The summed E-state index contributed by atoms with van der Waals surface area (Å²) in [6, 6.07) is 12.0. The molecule has 0 spiro atoms. The minimum absolute atomic E-state index is 0.263. The second-order valence-corrected chi connectivity index (χ2v) is 4.29. The summed E-state index contributed by atoms with van der Waals surface area (Å²) >= 11 is 0. The van der Waals surface area contributed by atoms with Crippen LogP contribution in [0.2, 0.25) is 0 Å². The Bertz CT molecular complexity index is 555. The highest BCUT2D eigenvalue weighted by Crippen LogP contribution is 2.29. The van der Waals surface area contributed by atoms with Gasteiger partial charge in [0, 0.05) is 12.1 Å². The maximum absolute atomic E-state index is 13.9. The number of rotatable bonds is 6. The van der Waals surface area contributed by atoms with Crippen LogP contribution >= 0.6 is 0 Å². The van der Waals surface area contributed by atoms with Crippen LogP contribution in [0.1, 0.15) is 12.5 Å². The van der Waals surface area contributed by atoms with Crippen LogP contribution in [0.5, 0.6) is 17.2 Å². The molecule has 0 aliphatic rings. The number of para-hydroxylation sites is 1. The van der Waals surface area contributed by atoms with Crippen molar-refractivity contribution in [2.75, 3.05) is 13.7 Å². The second-order valence-electron chi connectivity index (χ2n) is 4.29. The first kappa shape index (κ1) is 14.3. The fraction of sp³-hybridized carbons (Fsp3) is 0.250. The molecule has 0 aliphatic heterocycles. The normalized spacial score (nSPS) is 10.3. The molecule has 3 nitrogen and oxygen atoms in total. The molecule has 0 aliphatic carbocycles. The molecule has 106 valence electrons. The van der Waals surface area contributed by atoms with Gasteiger partial charge in [-0.15, -0.1) is 0 Å². The first-order chi connectivity index (χ1) is 9.74. The topological polar surface area (TPSA) is 30.5 Å². The van der Waals surface area contributed by atoms with Crippen molar-refractivity contribution in [3.63, 3.8) is 0 Å². The monoisotopic (exact) mass is 275 g/mol. The van der Waals surface area contributed by atoms with E-state index in [1.54, 1.807) is 37.4 Å². The number of benzene rings is 2. The second kappa shape index (κ2) is 6.91. The zero-order valence-electron chi connectivity index (χ0n) is 11.7. The zero-order valence-corrected chi connectivity index (χ0v) is 11.7. The molecule has 2 rings (SSSR count). The molecule has 0 aromatic heterocycles. The molecule has 0 unspecified atom stereocenters. The Morgan fingerprint density at radius 3 is 2.40 bits per heavy atom. The van der Waals surface area contributed by atoms with E-state index in [2.05, 4.69) is 5.32 Å². The smallest absolute Gasteiger partial charge is 0.167 e. The van der Waals surface area contributed by atoms with Gasteiger partial charge in [-0.05, 0) is 36.9 Å². The number of hydrogen-bond acceptors (Lipinski definition) is 3. The Hall–Kier alpha value is -2.07. The van der Waals surface area contributed by atoms with E-state index in [0.717, 1.165) is 17.9 Å². The predicted octanol–water partition coefficient (Wildman–Crippen LogP) is 3.74. The van der Waals surface area contributed by atoms with Crippen molar-refractivity contribution in [3.05, 3.63) is 53.8 Å². The number of ether oxygens (including phenoxy) is 2. The fourth-order valence-corrected chi connectivity index (χ4v) is 1.83. The van der Waals surface area contributed by atoms with E-state index < -0.39 is 0 Å². The Kier molecular flexibility index (Phi) is 4.96. The molecule has 1 N–H and O–H groups in total. The molecule has 0 radical (unpaired) electrons. The van der Waals surface area contributed by atoms with Gasteiger partial charge in [-0.3, -0.25) is 0 Å². The van der Waals surface area contributed by atoms with E-state index in [4.69, 9.17) is 9.47 Å². The van der Waals surface area contributed by atoms with E-state index >= 15 is 0 Å². The molecule has 0 heterocycles. The van der Waals surface area contributed by atoms with Crippen molar-refractivity contribution in [2.45, 2.75) is 13.5 Å². The largest absolute Gasteiger partial charge is 0.497 e. The fourth-order valence-electron chi connectivity index (χ4n) is 1.83. The highest BCUT2D eigenvalue weighted by atomic mass is 19.1. The van der Waals surface area contributed by atoms with Gasteiger partial charge in [0.1, 0.15) is 11.5 Å². The quantitative estimate of drug-likeness (QED) is 0.871. The lowest BCUT2D eigenvalue weighted by molar-refractivity contribution is 0.410. The van der Waals surface area contributed by atoms with Gasteiger partial charge in [-0.1, -0.05) is 19.1 Å². The third-order valence-corrected chi connectivity index (χ3v) is 2.89. The van der Waals surface area contributed by atoms with Crippen molar-refractivity contribution >= 4 is 0 Å². The summed E-state index contributed by atoms with van der Waals surface area (Å²) in [5.41, 5.74) is 0.794. The maximum atomic E-state index is 13.9. The average molecular weight is 275 g/mol. The van der Waals surface area contributed by atoms with Crippen LogP contribution in [-0.2, 0) is 6.54 Å². The number of methoxy groups -OCH3 is 1. The molecule has 0 atom stereocenters. The summed E-state index contributed by atoms with van der Waals surface area (Å²) in [6.45, 7) is 3.39. The number of halogens is 1. The zero-order chi connectivity index (χ0) is 14.4. The minimum atomic E-state index is -0.365. The third-order valence-electron chi connectivity index (χ3n) is 2.89. The van der Waals surface area contributed by atoms with Crippen LogP contribution in [0, 0.1) is 5.82 Å². The van der Waals surface area contributed by atoms with E-state index in [1.165, 1.54) is 6.07 Å². The van der Waals surface area contributed by atoms with Gasteiger partial charge in [-0.2, -0.15) is 0 Å². The van der Waals surface area contributed by atoms with Gasteiger partial charge in [0.2, 0.25) is 0 Å². The van der Waals surface area contributed by atoms with Gasteiger partial charge in [0.25, 0.3) is 0 Å². The van der Waals surface area contributed by atoms with Crippen molar-refractivity contribution in [2.24, 2.45) is 0 Å². The summed E-state index contributed by atoms with van der Waals surface area (Å²) in [5, 5.41) is 3.17. The molecule has 4 heteroatoms. The van der Waals surface area contributed by atoms with Gasteiger partial charge < -0.3 is 14.8 Å². The molecule has 20 heavy (non-hydrogen) atoms. The number of nitrogens with one attached hydrogen (secondary N) is 1. The highest BCUT2D eigenvalue weighted by Gasteiger charge is 2.10. The van der Waals surface area contributed by atoms with Crippen LogP contribution in [0.15, 0.2) is 42.5 Å².